The highest BCUT2D eigenvalue weighted by Gasteiger charge is 2.41. The molecule has 0 saturated heterocycles. The van der Waals surface area contributed by atoms with Gasteiger partial charge in [-0.2, -0.15) is 13.2 Å². The average molecular weight is 344 g/mol. The van der Waals surface area contributed by atoms with Crippen LogP contribution in [-0.4, -0.2) is 12.0 Å². The number of ketones is 1. The molecule has 0 N–H and O–H groups in total. The molecule has 25 heavy (non-hydrogen) atoms. The number of Topliss-reactive ketones (excluding diaryl/α,β-unsaturated/α-hetero) is 1. The lowest BCUT2D eigenvalue weighted by Crippen LogP contribution is -2.27. The Morgan fingerprint density at radius 2 is 1.48 bits per heavy atom. The van der Waals surface area contributed by atoms with Crippen LogP contribution in [0.15, 0.2) is 72.3 Å². The Kier molecular flexibility index (Phi) is 4.49. The van der Waals surface area contributed by atoms with Gasteiger partial charge >= 0.3 is 6.18 Å². The van der Waals surface area contributed by atoms with Crippen molar-refractivity contribution in [2.75, 3.05) is 0 Å². The van der Waals surface area contributed by atoms with Gasteiger partial charge < -0.3 is 4.74 Å². The van der Waals surface area contributed by atoms with Crippen molar-refractivity contribution in [1.82, 2.24) is 0 Å². The standard InChI is InChI=1S/C20H15F3O2/c1-13-18(20(21,22)23)12-11-17(19(13)24)14-7-9-16(10-8-14)25-15-5-3-2-4-6-15/h2-13H,1H3. The van der Waals surface area contributed by atoms with Crippen molar-refractivity contribution in [3.8, 4) is 11.5 Å². The van der Waals surface area contributed by atoms with Gasteiger partial charge in [0.05, 0.1) is 0 Å². The van der Waals surface area contributed by atoms with Crippen LogP contribution in [0.1, 0.15) is 12.5 Å². The van der Waals surface area contributed by atoms with Crippen LogP contribution in [-0.2, 0) is 4.79 Å². The summed E-state index contributed by atoms with van der Waals surface area (Å²) in [6.45, 7) is 1.28. The SMILES string of the molecule is CC1C(=O)C(c2ccc(Oc3ccccc3)cc2)=CC=C1C(F)(F)F. The smallest absolute Gasteiger partial charge is 0.413 e. The molecule has 0 radical (unpaired) electrons. The second-order valence-corrected chi connectivity index (χ2v) is 5.73. The Labute approximate surface area is 143 Å². The van der Waals surface area contributed by atoms with Crippen LogP contribution in [0.4, 0.5) is 13.2 Å². The molecule has 1 aliphatic rings. The normalized spacial score (nSPS) is 17.8. The topological polar surface area (TPSA) is 26.3 Å². The summed E-state index contributed by atoms with van der Waals surface area (Å²) in [4.78, 5) is 12.3. The number of benzene rings is 2. The fourth-order valence-electron chi connectivity index (χ4n) is 2.68. The number of rotatable bonds is 3. The van der Waals surface area contributed by atoms with Gasteiger partial charge in [0.2, 0.25) is 0 Å². The third-order valence-corrected chi connectivity index (χ3v) is 4.03. The molecule has 5 heteroatoms. The molecular weight excluding hydrogens is 329 g/mol. The van der Waals surface area contributed by atoms with Crippen LogP contribution in [0.2, 0.25) is 0 Å². The first-order valence-electron chi connectivity index (χ1n) is 7.73. The maximum Gasteiger partial charge on any atom is 0.413 e. The summed E-state index contributed by atoms with van der Waals surface area (Å²) in [5.41, 5.74) is 0.0202. The van der Waals surface area contributed by atoms with Crippen molar-refractivity contribution < 1.29 is 22.7 Å². The van der Waals surface area contributed by atoms with Crippen molar-refractivity contribution in [3.63, 3.8) is 0 Å². The summed E-state index contributed by atoms with van der Waals surface area (Å²) in [7, 11) is 0. The van der Waals surface area contributed by atoms with Crippen LogP contribution < -0.4 is 4.74 Å². The van der Waals surface area contributed by atoms with Crippen LogP contribution in [0.3, 0.4) is 0 Å². The fraction of sp³-hybridized carbons (Fsp3) is 0.150. The summed E-state index contributed by atoms with van der Waals surface area (Å²) in [6, 6.07) is 15.9. The number of carbonyl (C=O) groups is 1. The van der Waals surface area contributed by atoms with Gasteiger partial charge in [-0.05, 0) is 29.8 Å². The maximum atomic E-state index is 12.9. The summed E-state index contributed by atoms with van der Waals surface area (Å²) in [5.74, 6) is -0.486. The number of para-hydroxylation sites is 1. The molecule has 0 spiro atoms. The first-order chi connectivity index (χ1) is 11.9. The molecule has 0 amide bonds. The largest absolute Gasteiger partial charge is 0.457 e. The highest BCUT2D eigenvalue weighted by atomic mass is 19.4. The van der Waals surface area contributed by atoms with Crippen molar-refractivity contribution in [2.24, 2.45) is 5.92 Å². The van der Waals surface area contributed by atoms with Crippen molar-refractivity contribution in [1.29, 1.82) is 0 Å². The predicted molar refractivity (Wildman–Crippen MR) is 89.2 cm³/mol. The zero-order chi connectivity index (χ0) is 18.0. The molecule has 2 aromatic rings. The van der Waals surface area contributed by atoms with Gasteiger partial charge in [-0.3, -0.25) is 4.79 Å². The molecule has 0 bridgehead atoms. The Morgan fingerprint density at radius 1 is 0.880 bits per heavy atom. The Balaban J connectivity index is 1.84. The summed E-state index contributed by atoms with van der Waals surface area (Å²) < 4.78 is 44.3. The van der Waals surface area contributed by atoms with Gasteiger partial charge in [0.15, 0.2) is 5.78 Å². The van der Waals surface area contributed by atoms with Crippen molar-refractivity contribution in [2.45, 2.75) is 13.1 Å². The third kappa shape index (κ3) is 3.65. The predicted octanol–water partition coefficient (Wildman–Crippen LogP) is 5.57. The van der Waals surface area contributed by atoms with Gasteiger partial charge in [0.1, 0.15) is 11.5 Å². The number of alkyl halides is 3. The number of hydrogen-bond donors (Lipinski definition) is 0. The molecule has 1 aliphatic carbocycles. The van der Waals surface area contributed by atoms with Gasteiger partial charge in [-0.25, -0.2) is 0 Å². The minimum absolute atomic E-state index is 0.270. The molecule has 0 aliphatic heterocycles. The summed E-state index contributed by atoms with van der Waals surface area (Å²) >= 11 is 0. The molecule has 2 nitrogen and oxygen atoms in total. The average Bonchev–Trinajstić information content (AvgIpc) is 2.58. The summed E-state index contributed by atoms with van der Waals surface area (Å²) in [6.07, 6.45) is -2.28. The quantitative estimate of drug-likeness (QED) is 0.728. The maximum absolute atomic E-state index is 12.9. The highest BCUT2D eigenvalue weighted by Crippen LogP contribution is 2.37. The van der Waals surface area contributed by atoms with Crippen molar-refractivity contribution in [3.05, 3.63) is 77.9 Å². The van der Waals surface area contributed by atoms with Crippen LogP contribution in [0.25, 0.3) is 5.57 Å². The molecule has 2 aromatic carbocycles. The van der Waals surface area contributed by atoms with Gasteiger partial charge in [0, 0.05) is 17.1 Å². The molecule has 0 fully saturated rings. The van der Waals surface area contributed by atoms with E-state index in [9.17, 15) is 18.0 Å². The van der Waals surface area contributed by atoms with Crippen molar-refractivity contribution >= 4 is 11.4 Å². The van der Waals surface area contributed by atoms with E-state index in [1.165, 1.54) is 13.0 Å². The number of allylic oxidation sites excluding steroid dienone is 4. The lowest BCUT2D eigenvalue weighted by molar-refractivity contribution is -0.123. The minimum Gasteiger partial charge on any atom is -0.457 e. The first kappa shape index (κ1) is 17.0. The fourth-order valence-corrected chi connectivity index (χ4v) is 2.68. The first-order valence-corrected chi connectivity index (χ1v) is 7.73. The van der Waals surface area contributed by atoms with E-state index in [0.29, 0.717) is 17.1 Å². The van der Waals surface area contributed by atoms with Gasteiger partial charge in [0.25, 0.3) is 0 Å². The van der Waals surface area contributed by atoms with E-state index in [-0.39, 0.29) is 5.57 Å². The molecule has 0 aromatic heterocycles. The van der Waals surface area contributed by atoms with Crippen LogP contribution in [0.5, 0.6) is 11.5 Å². The Bertz CT molecular complexity index is 831. The molecule has 0 heterocycles. The summed E-state index contributed by atoms with van der Waals surface area (Å²) in [5, 5.41) is 0. The van der Waals surface area contributed by atoms with E-state index in [1.54, 1.807) is 24.3 Å². The molecule has 128 valence electrons. The number of carbonyl (C=O) groups excluding carboxylic acids is 1. The zero-order valence-corrected chi connectivity index (χ0v) is 13.4. The number of ether oxygens (including phenoxy) is 1. The van der Waals surface area contributed by atoms with Gasteiger partial charge in [-0.1, -0.05) is 49.4 Å². The second kappa shape index (κ2) is 6.59. The van der Waals surface area contributed by atoms with E-state index in [4.69, 9.17) is 4.74 Å². The minimum atomic E-state index is -4.50. The van der Waals surface area contributed by atoms with E-state index in [0.717, 1.165) is 6.08 Å². The lowest BCUT2D eigenvalue weighted by atomic mass is 9.84. The van der Waals surface area contributed by atoms with Crippen LogP contribution in [0, 0.1) is 5.92 Å². The number of halogens is 3. The van der Waals surface area contributed by atoms with E-state index in [2.05, 4.69) is 0 Å². The molecule has 0 saturated carbocycles. The second-order valence-electron chi connectivity index (χ2n) is 5.73. The number of hydrogen-bond acceptors (Lipinski definition) is 2. The lowest BCUT2D eigenvalue weighted by Gasteiger charge is -2.22. The Morgan fingerprint density at radius 3 is 2.08 bits per heavy atom. The molecule has 1 atom stereocenters. The monoisotopic (exact) mass is 344 g/mol. The third-order valence-electron chi connectivity index (χ3n) is 4.03. The van der Waals surface area contributed by atoms with E-state index >= 15 is 0 Å². The highest BCUT2D eigenvalue weighted by molar-refractivity contribution is 6.23. The van der Waals surface area contributed by atoms with E-state index < -0.39 is 23.5 Å². The molecule has 1 unspecified atom stereocenters. The Hall–Kier alpha value is -2.82. The van der Waals surface area contributed by atoms with Gasteiger partial charge in [-0.15, -0.1) is 0 Å². The molecular formula is C20H15F3O2. The van der Waals surface area contributed by atoms with E-state index in [1.807, 2.05) is 30.3 Å². The van der Waals surface area contributed by atoms with Crippen LogP contribution >= 0.6 is 0 Å². The molecule has 3 rings (SSSR count). The zero-order valence-electron chi connectivity index (χ0n) is 13.4.